The summed E-state index contributed by atoms with van der Waals surface area (Å²) in [6, 6.07) is 7.62. The summed E-state index contributed by atoms with van der Waals surface area (Å²) in [7, 11) is 0. The fourth-order valence-corrected chi connectivity index (χ4v) is 2.71. The van der Waals surface area contributed by atoms with Gasteiger partial charge in [0.2, 0.25) is 0 Å². The van der Waals surface area contributed by atoms with E-state index in [0.29, 0.717) is 31.1 Å². The summed E-state index contributed by atoms with van der Waals surface area (Å²) in [5, 5.41) is 1.68. The SMILES string of the molecule is CCC1CN(C(=O)c2cnc(N)c3ccccc23)CCO1. The number of hydrogen-bond donors (Lipinski definition) is 1. The average molecular weight is 285 g/mol. The number of ether oxygens (including phenoxy) is 1. The van der Waals surface area contributed by atoms with E-state index in [4.69, 9.17) is 10.5 Å². The molecule has 1 aliphatic heterocycles. The molecule has 2 aromatic rings. The van der Waals surface area contributed by atoms with Crippen molar-refractivity contribution in [2.45, 2.75) is 19.4 Å². The Kier molecular flexibility index (Phi) is 3.75. The predicted octanol–water partition coefficient (Wildman–Crippen LogP) is 2.07. The molecule has 1 unspecified atom stereocenters. The van der Waals surface area contributed by atoms with Gasteiger partial charge in [-0.3, -0.25) is 4.79 Å². The third-order valence-corrected chi connectivity index (χ3v) is 3.94. The molecule has 21 heavy (non-hydrogen) atoms. The van der Waals surface area contributed by atoms with Crippen LogP contribution in [0.4, 0.5) is 5.82 Å². The highest BCUT2D eigenvalue weighted by Gasteiger charge is 2.25. The zero-order valence-corrected chi connectivity index (χ0v) is 12.1. The lowest BCUT2D eigenvalue weighted by molar-refractivity contribution is -0.0225. The number of rotatable bonds is 2. The molecule has 5 heteroatoms. The largest absolute Gasteiger partial charge is 0.383 e. The first-order valence-corrected chi connectivity index (χ1v) is 7.24. The van der Waals surface area contributed by atoms with E-state index in [1.165, 1.54) is 0 Å². The maximum Gasteiger partial charge on any atom is 0.256 e. The summed E-state index contributed by atoms with van der Waals surface area (Å²) in [4.78, 5) is 18.8. The molecule has 1 aliphatic rings. The molecule has 1 amide bonds. The number of anilines is 1. The Labute approximate surface area is 123 Å². The number of nitrogens with zero attached hydrogens (tertiary/aromatic N) is 2. The lowest BCUT2D eigenvalue weighted by atomic mass is 10.1. The number of morpholine rings is 1. The Balaban J connectivity index is 1.96. The lowest BCUT2D eigenvalue weighted by Gasteiger charge is -2.32. The van der Waals surface area contributed by atoms with E-state index < -0.39 is 0 Å². The highest BCUT2D eigenvalue weighted by Crippen LogP contribution is 2.24. The second-order valence-corrected chi connectivity index (χ2v) is 5.25. The van der Waals surface area contributed by atoms with Crippen LogP contribution in [0.1, 0.15) is 23.7 Å². The van der Waals surface area contributed by atoms with Crippen LogP contribution in [0.3, 0.4) is 0 Å². The monoisotopic (exact) mass is 285 g/mol. The van der Waals surface area contributed by atoms with Gasteiger partial charge in [0.25, 0.3) is 5.91 Å². The van der Waals surface area contributed by atoms with Crippen molar-refractivity contribution in [3.63, 3.8) is 0 Å². The highest BCUT2D eigenvalue weighted by atomic mass is 16.5. The minimum Gasteiger partial charge on any atom is -0.383 e. The number of carbonyl (C=O) groups excluding carboxylic acids is 1. The Morgan fingerprint density at radius 2 is 2.19 bits per heavy atom. The Hall–Kier alpha value is -2.14. The first-order chi connectivity index (χ1) is 10.2. The van der Waals surface area contributed by atoms with Gasteiger partial charge in [0, 0.05) is 24.7 Å². The van der Waals surface area contributed by atoms with Crippen LogP contribution in [0, 0.1) is 0 Å². The van der Waals surface area contributed by atoms with Crippen LogP contribution in [-0.4, -0.2) is 41.6 Å². The Bertz CT molecular complexity index is 672. The average Bonchev–Trinajstić information content (AvgIpc) is 2.55. The minimum atomic E-state index is 0.000417. The van der Waals surface area contributed by atoms with Crippen molar-refractivity contribution in [3.8, 4) is 0 Å². The van der Waals surface area contributed by atoms with Gasteiger partial charge in [-0.1, -0.05) is 31.2 Å². The molecule has 1 saturated heterocycles. The van der Waals surface area contributed by atoms with E-state index in [2.05, 4.69) is 11.9 Å². The van der Waals surface area contributed by atoms with E-state index in [-0.39, 0.29) is 12.0 Å². The van der Waals surface area contributed by atoms with Crippen LogP contribution in [0.25, 0.3) is 10.8 Å². The quantitative estimate of drug-likeness (QED) is 0.917. The van der Waals surface area contributed by atoms with Crippen molar-refractivity contribution in [2.24, 2.45) is 0 Å². The summed E-state index contributed by atoms with van der Waals surface area (Å²) in [6.07, 6.45) is 2.61. The van der Waals surface area contributed by atoms with Crippen LogP contribution < -0.4 is 5.73 Å². The molecule has 2 heterocycles. The molecule has 0 saturated carbocycles. The second-order valence-electron chi connectivity index (χ2n) is 5.25. The predicted molar refractivity (Wildman–Crippen MR) is 82.1 cm³/mol. The van der Waals surface area contributed by atoms with Crippen molar-refractivity contribution in [1.29, 1.82) is 0 Å². The topological polar surface area (TPSA) is 68.5 Å². The van der Waals surface area contributed by atoms with Gasteiger partial charge in [-0.25, -0.2) is 4.98 Å². The van der Waals surface area contributed by atoms with Gasteiger partial charge in [-0.15, -0.1) is 0 Å². The van der Waals surface area contributed by atoms with Crippen LogP contribution in [0.15, 0.2) is 30.5 Å². The number of aromatic nitrogens is 1. The fourth-order valence-electron chi connectivity index (χ4n) is 2.71. The van der Waals surface area contributed by atoms with Gasteiger partial charge in [0.15, 0.2) is 0 Å². The van der Waals surface area contributed by atoms with Crippen LogP contribution in [-0.2, 0) is 4.74 Å². The van der Waals surface area contributed by atoms with Crippen molar-refractivity contribution in [3.05, 3.63) is 36.0 Å². The molecule has 2 N–H and O–H groups in total. The molecule has 1 aromatic heterocycles. The molecule has 5 nitrogen and oxygen atoms in total. The molecule has 0 radical (unpaired) electrons. The molecule has 1 aromatic carbocycles. The summed E-state index contributed by atoms with van der Waals surface area (Å²) in [6.45, 7) is 3.91. The second kappa shape index (κ2) is 5.69. The number of pyridine rings is 1. The van der Waals surface area contributed by atoms with Crippen molar-refractivity contribution < 1.29 is 9.53 Å². The van der Waals surface area contributed by atoms with E-state index in [0.717, 1.165) is 17.2 Å². The fraction of sp³-hybridized carbons (Fsp3) is 0.375. The number of fused-ring (bicyclic) bond motifs is 1. The van der Waals surface area contributed by atoms with Crippen LogP contribution in [0.2, 0.25) is 0 Å². The normalized spacial score (nSPS) is 18.9. The Morgan fingerprint density at radius 1 is 1.43 bits per heavy atom. The van der Waals surface area contributed by atoms with Crippen molar-refractivity contribution in [1.82, 2.24) is 9.88 Å². The van der Waals surface area contributed by atoms with E-state index in [9.17, 15) is 4.79 Å². The molecule has 0 aliphatic carbocycles. The molecule has 0 bridgehead atoms. The molecule has 3 rings (SSSR count). The van der Waals surface area contributed by atoms with E-state index in [1.54, 1.807) is 6.20 Å². The number of carbonyl (C=O) groups is 1. The van der Waals surface area contributed by atoms with E-state index in [1.807, 2.05) is 29.2 Å². The van der Waals surface area contributed by atoms with Crippen LogP contribution >= 0.6 is 0 Å². The van der Waals surface area contributed by atoms with Crippen molar-refractivity contribution >= 4 is 22.5 Å². The van der Waals surface area contributed by atoms with Gasteiger partial charge in [0.05, 0.1) is 18.3 Å². The van der Waals surface area contributed by atoms with Gasteiger partial charge in [0.1, 0.15) is 5.82 Å². The van der Waals surface area contributed by atoms with Gasteiger partial charge < -0.3 is 15.4 Å². The zero-order valence-electron chi connectivity index (χ0n) is 12.1. The maximum absolute atomic E-state index is 12.8. The van der Waals surface area contributed by atoms with Gasteiger partial charge >= 0.3 is 0 Å². The summed E-state index contributed by atoms with van der Waals surface area (Å²) < 4.78 is 5.62. The molecule has 1 fully saturated rings. The molecule has 0 spiro atoms. The van der Waals surface area contributed by atoms with Crippen LogP contribution in [0.5, 0.6) is 0 Å². The lowest BCUT2D eigenvalue weighted by Crippen LogP contribution is -2.45. The smallest absolute Gasteiger partial charge is 0.256 e. The van der Waals surface area contributed by atoms with Gasteiger partial charge in [-0.2, -0.15) is 0 Å². The summed E-state index contributed by atoms with van der Waals surface area (Å²) >= 11 is 0. The van der Waals surface area contributed by atoms with E-state index >= 15 is 0 Å². The Morgan fingerprint density at radius 3 is 2.95 bits per heavy atom. The molecule has 1 atom stereocenters. The summed E-state index contributed by atoms with van der Waals surface area (Å²) in [5.74, 6) is 0.455. The molecular weight excluding hydrogens is 266 g/mol. The highest BCUT2D eigenvalue weighted by molar-refractivity contribution is 6.08. The molecular formula is C16H19N3O2. The summed E-state index contributed by atoms with van der Waals surface area (Å²) in [5.41, 5.74) is 6.50. The third-order valence-electron chi connectivity index (χ3n) is 3.94. The zero-order chi connectivity index (χ0) is 14.8. The minimum absolute atomic E-state index is 0.000417. The number of amides is 1. The first kappa shape index (κ1) is 13.8. The first-order valence-electron chi connectivity index (χ1n) is 7.24. The number of hydrogen-bond acceptors (Lipinski definition) is 4. The number of nitrogen functional groups attached to an aromatic ring is 1. The standard InChI is InChI=1S/C16H19N3O2/c1-2-11-10-19(7-8-21-11)16(20)14-9-18-15(17)13-6-4-3-5-12(13)14/h3-6,9,11H,2,7-8,10H2,1H3,(H2,17,18). The number of benzene rings is 1. The van der Waals surface area contributed by atoms with Crippen molar-refractivity contribution in [2.75, 3.05) is 25.4 Å². The number of nitrogens with two attached hydrogens (primary N) is 1. The van der Waals surface area contributed by atoms with Gasteiger partial charge in [-0.05, 0) is 11.8 Å². The third kappa shape index (κ3) is 2.56. The maximum atomic E-state index is 12.8. The molecule has 110 valence electrons.